The summed E-state index contributed by atoms with van der Waals surface area (Å²) in [6.45, 7) is 7.15. The van der Waals surface area contributed by atoms with Gasteiger partial charge in [0.25, 0.3) is 10.1 Å². The summed E-state index contributed by atoms with van der Waals surface area (Å²) in [6.07, 6.45) is 22.0. The summed E-state index contributed by atoms with van der Waals surface area (Å²) in [5.41, 5.74) is 0.998. The van der Waals surface area contributed by atoms with Gasteiger partial charge in [-0.1, -0.05) is 121 Å². The molecule has 1 rings (SSSR count). The highest BCUT2D eigenvalue weighted by Crippen LogP contribution is 2.14. The van der Waals surface area contributed by atoms with Crippen molar-refractivity contribution in [2.45, 2.75) is 121 Å². The minimum Gasteiger partial charge on any atom is -0.379 e. The van der Waals surface area contributed by atoms with Crippen molar-refractivity contribution < 1.29 is 26.8 Å². The van der Waals surface area contributed by atoms with E-state index in [1.807, 2.05) is 6.92 Å². The second-order valence-electron chi connectivity index (χ2n) is 10.2. The molecule has 0 aliphatic heterocycles. The number of aryl methyl sites for hydroxylation is 1. The van der Waals surface area contributed by atoms with Gasteiger partial charge in [0.05, 0.1) is 44.5 Å². The third kappa shape index (κ3) is 20.9. The van der Waals surface area contributed by atoms with Crippen molar-refractivity contribution in [2.75, 3.05) is 46.2 Å². The lowest BCUT2D eigenvalue weighted by molar-refractivity contribution is 0.00912. The zero-order chi connectivity index (χ0) is 27.6. The maximum Gasteiger partial charge on any atom is 0.297 e. The van der Waals surface area contributed by atoms with Gasteiger partial charge in [-0.05, 0) is 25.5 Å². The Hall–Kier alpha value is -0.990. The highest BCUT2D eigenvalue weighted by atomic mass is 32.2. The number of rotatable bonds is 28. The fourth-order valence-electron chi connectivity index (χ4n) is 4.27. The predicted octanol–water partition coefficient (Wildman–Crippen LogP) is 8.01. The number of hydrogen-bond acceptors (Lipinski definition) is 6. The number of ether oxygens (including phenoxy) is 3. The highest BCUT2D eigenvalue weighted by Gasteiger charge is 2.14. The van der Waals surface area contributed by atoms with Crippen molar-refractivity contribution in [1.29, 1.82) is 0 Å². The molecule has 0 spiro atoms. The smallest absolute Gasteiger partial charge is 0.297 e. The first-order chi connectivity index (χ1) is 18.6. The largest absolute Gasteiger partial charge is 0.379 e. The highest BCUT2D eigenvalue weighted by molar-refractivity contribution is 7.86. The average Bonchev–Trinajstić information content (AvgIpc) is 2.91. The second-order valence-corrected chi connectivity index (χ2v) is 11.8. The summed E-state index contributed by atoms with van der Waals surface area (Å²) >= 11 is 0. The Kier molecular flexibility index (Phi) is 23.1. The molecule has 0 aliphatic rings. The first kappa shape index (κ1) is 35.0. The third-order valence-corrected chi connectivity index (χ3v) is 7.99. The van der Waals surface area contributed by atoms with Crippen molar-refractivity contribution in [3.63, 3.8) is 0 Å². The topological polar surface area (TPSA) is 71.1 Å². The summed E-state index contributed by atoms with van der Waals surface area (Å²) in [4.78, 5) is 0.158. The monoisotopic (exact) mass is 556 g/mol. The molecule has 0 aromatic heterocycles. The van der Waals surface area contributed by atoms with E-state index in [1.54, 1.807) is 24.3 Å². The van der Waals surface area contributed by atoms with Crippen LogP contribution < -0.4 is 0 Å². The van der Waals surface area contributed by atoms with Crippen molar-refractivity contribution in [3.8, 4) is 0 Å². The lowest BCUT2D eigenvalue weighted by atomic mass is 10.0. The molecule has 0 unspecified atom stereocenters. The maximum absolute atomic E-state index is 12.1. The van der Waals surface area contributed by atoms with Gasteiger partial charge >= 0.3 is 0 Å². The van der Waals surface area contributed by atoms with Crippen LogP contribution in [0.25, 0.3) is 0 Å². The molecule has 0 atom stereocenters. The molecule has 6 nitrogen and oxygen atoms in total. The van der Waals surface area contributed by atoms with Gasteiger partial charge in [0.2, 0.25) is 0 Å². The van der Waals surface area contributed by atoms with Gasteiger partial charge in [-0.25, -0.2) is 0 Å². The van der Waals surface area contributed by atoms with E-state index >= 15 is 0 Å². The van der Waals surface area contributed by atoms with Gasteiger partial charge in [-0.15, -0.1) is 0 Å². The Labute approximate surface area is 234 Å². The van der Waals surface area contributed by atoms with E-state index in [0.717, 1.165) is 18.6 Å². The number of hydrogen-bond donors (Lipinski definition) is 0. The van der Waals surface area contributed by atoms with Gasteiger partial charge < -0.3 is 14.2 Å². The molecule has 0 N–H and O–H groups in total. The van der Waals surface area contributed by atoms with Gasteiger partial charge in [0.1, 0.15) is 0 Å². The zero-order valence-electron chi connectivity index (χ0n) is 24.4. The Morgan fingerprint density at radius 2 is 0.868 bits per heavy atom. The lowest BCUT2D eigenvalue weighted by Crippen LogP contribution is -2.14. The van der Waals surface area contributed by atoms with Crippen molar-refractivity contribution in [2.24, 2.45) is 0 Å². The summed E-state index contributed by atoms with van der Waals surface area (Å²) in [5.74, 6) is 0. The summed E-state index contributed by atoms with van der Waals surface area (Å²) in [5, 5.41) is 0. The molecule has 222 valence electrons. The zero-order valence-corrected chi connectivity index (χ0v) is 25.2. The second kappa shape index (κ2) is 25.0. The van der Waals surface area contributed by atoms with E-state index in [4.69, 9.17) is 18.4 Å². The van der Waals surface area contributed by atoms with Crippen LogP contribution in [-0.2, 0) is 28.5 Å². The van der Waals surface area contributed by atoms with Gasteiger partial charge in [-0.2, -0.15) is 8.42 Å². The fraction of sp³-hybridized carbons (Fsp3) is 0.806. The van der Waals surface area contributed by atoms with Crippen molar-refractivity contribution in [1.82, 2.24) is 0 Å². The predicted molar refractivity (Wildman–Crippen MR) is 156 cm³/mol. The lowest BCUT2D eigenvalue weighted by Gasteiger charge is -2.08. The standard InChI is InChI=1S/C31H56O6S/c1-3-4-5-6-7-8-9-10-11-12-13-14-15-16-17-18-23-34-24-25-35-26-27-36-28-29-37-38(32,33)31-21-19-30(2)20-22-31/h19-22H,3-18,23-29H2,1-2H3. The van der Waals surface area contributed by atoms with E-state index in [0.29, 0.717) is 26.4 Å². The molecule has 0 heterocycles. The normalized spacial score (nSPS) is 11.8. The molecule has 1 aromatic carbocycles. The Morgan fingerprint density at radius 1 is 0.500 bits per heavy atom. The van der Waals surface area contributed by atoms with Crippen LogP contribution in [0.1, 0.15) is 115 Å². The van der Waals surface area contributed by atoms with Crippen LogP contribution in [0.5, 0.6) is 0 Å². The van der Waals surface area contributed by atoms with Crippen LogP contribution >= 0.6 is 0 Å². The molecule has 0 amide bonds. The summed E-state index contributed by atoms with van der Waals surface area (Å²) in [6, 6.07) is 6.58. The first-order valence-corrected chi connectivity index (χ1v) is 16.7. The van der Waals surface area contributed by atoms with E-state index in [1.165, 1.54) is 96.3 Å². The minimum atomic E-state index is -3.73. The molecule has 0 saturated heterocycles. The van der Waals surface area contributed by atoms with Crippen LogP contribution in [-0.4, -0.2) is 54.7 Å². The maximum atomic E-state index is 12.1. The molecular weight excluding hydrogens is 500 g/mol. The number of unbranched alkanes of at least 4 members (excludes halogenated alkanes) is 15. The van der Waals surface area contributed by atoms with Crippen LogP contribution in [0.3, 0.4) is 0 Å². The molecule has 38 heavy (non-hydrogen) atoms. The fourth-order valence-corrected chi connectivity index (χ4v) is 5.16. The van der Waals surface area contributed by atoms with E-state index in [2.05, 4.69) is 6.92 Å². The van der Waals surface area contributed by atoms with Gasteiger partial charge in [0.15, 0.2) is 0 Å². The van der Waals surface area contributed by atoms with Crippen LogP contribution in [0.4, 0.5) is 0 Å². The van der Waals surface area contributed by atoms with Gasteiger partial charge in [-0.3, -0.25) is 4.18 Å². The average molecular weight is 557 g/mol. The SMILES string of the molecule is CCCCCCCCCCCCCCCCCCOCCOCCOCCOS(=O)(=O)c1ccc(C)cc1. The van der Waals surface area contributed by atoms with Crippen LogP contribution in [0, 0.1) is 6.92 Å². The van der Waals surface area contributed by atoms with Crippen molar-refractivity contribution in [3.05, 3.63) is 29.8 Å². The molecule has 1 aromatic rings. The molecule has 0 fully saturated rings. The van der Waals surface area contributed by atoms with Gasteiger partial charge in [0, 0.05) is 6.61 Å². The van der Waals surface area contributed by atoms with E-state index < -0.39 is 10.1 Å². The Morgan fingerprint density at radius 3 is 1.32 bits per heavy atom. The molecule has 0 saturated carbocycles. The number of benzene rings is 1. The molecular formula is C31H56O6S. The minimum absolute atomic E-state index is 0.0152. The molecule has 0 aliphatic carbocycles. The summed E-state index contributed by atoms with van der Waals surface area (Å²) < 4.78 is 45.6. The first-order valence-electron chi connectivity index (χ1n) is 15.3. The Bertz CT molecular complexity index is 735. The van der Waals surface area contributed by atoms with Crippen LogP contribution in [0.2, 0.25) is 0 Å². The summed E-state index contributed by atoms with van der Waals surface area (Å²) in [7, 11) is -3.73. The van der Waals surface area contributed by atoms with Crippen molar-refractivity contribution >= 4 is 10.1 Å². The molecule has 0 radical (unpaired) electrons. The van der Waals surface area contributed by atoms with Crippen LogP contribution in [0.15, 0.2) is 29.2 Å². The molecule has 7 heteroatoms. The quantitative estimate of drug-likeness (QED) is 0.0769. The molecule has 0 bridgehead atoms. The van der Waals surface area contributed by atoms with E-state index in [9.17, 15) is 8.42 Å². The third-order valence-electron chi connectivity index (χ3n) is 6.66. The Balaban J connectivity index is 1.73. The van der Waals surface area contributed by atoms with E-state index in [-0.39, 0.29) is 18.1 Å².